The second-order valence-electron chi connectivity index (χ2n) is 8.61. The van der Waals surface area contributed by atoms with Crippen molar-refractivity contribution in [3.05, 3.63) is 88.5 Å². The molecule has 0 atom stereocenters. The summed E-state index contributed by atoms with van der Waals surface area (Å²) < 4.78 is 47.9. The van der Waals surface area contributed by atoms with Crippen LogP contribution in [0.3, 0.4) is 0 Å². The molecule has 12 heteroatoms. The minimum Gasteiger partial charge on any atom is -0.424 e. The van der Waals surface area contributed by atoms with Crippen LogP contribution in [0.5, 0.6) is 11.8 Å². The van der Waals surface area contributed by atoms with E-state index >= 15 is 0 Å². The van der Waals surface area contributed by atoms with Gasteiger partial charge in [-0.05, 0) is 48.4 Å². The minimum absolute atomic E-state index is 0.208. The maximum Gasteiger partial charge on any atom is 0.433 e. The van der Waals surface area contributed by atoms with Gasteiger partial charge in [0.2, 0.25) is 5.95 Å². The standard InChI is InChI=1S/C26H23ClF3N7O/c1-3-37-22-11-17(10-19-12-23(26(28,29)30)36(2)35-19)6-9-21(22)34-24(37)31-13-16-4-7-20(8-5-16)38-25-32-14-18(27)15-33-25/h4-9,11-12,14-15H,3,10,13H2,1-2H3,(H,31,34). The third-order valence-corrected chi connectivity index (χ3v) is 6.11. The zero-order valence-corrected chi connectivity index (χ0v) is 21.3. The number of alkyl halides is 3. The predicted octanol–water partition coefficient (Wildman–Crippen LogP) is 6.25. The van der Waals surface area contributed by atoms with E-state index in [1.54, 1.807) is 0 Å². The van der Waals surface area contributed by atoms with Crippen LogP contribution < -0.4 is 10.1 Å². The number of ether oxygens (including phenoxy) is 1. The summed E-state index contributed by atoms with van der Waals surface area (Å²) in [7, 11) is 1.30. The van der Waals surface area contributed by atoms with E-state index in [1.165, 1.54) is 19.4 Å². The lowest BCUT2D eigenvalue weighted by Crippen LogP contribution is -2.11. The van der Waals surface area contributed by atoms with E-state index < -0.39 is 11.9 Å². The van der Waals surface area contributed by atoms with E-state index in [1.807, 2.05) is 54.0 Å². The van der Waals surface area contributed by atoms with E-state index in [0.717, 1.165) is 32.9 Å². The summed E-state index contributed by atoms with van der Waals surface area (Å²) in [5, 5.41) is 7.84. The van der Waals surface area contributed by atoms with Gasteiger partial charge in [0.1, 0.15) is 11.4 Å². The van der Waals surface area contributed by atoms with Crippen molar-refractivity contribution < 1.29 is 17.9 Å². The Morgan fingerprint density at radius 2 is 1.71 bits per heavy atom. The number of hydrogen-bond donors (Lipinski definition) is 1. The lowest BCUT2D eigenvalue weighted by Gasteiger charge is -2.10. The Hall–Kier alpha value is -4.12. The highest BCUT2D eigenvalue weighted by Crippen LogP contribution is 2.30. The van der Waals surface area contributed by atoms with Gasteiger partial charge in [0, 0.05) is 26.6 Å². The zero-order valence-electron chi connectivity index (χ0n) is 20.5. The number of nitrogens with one attached hydrogen (secondary N) is 1. The van der Waals surface area contributed by atoms with Crippen molar-refractivity contribution in [1.82, 2.24) is 29.3 Å². The van der Waals surface area contributed by atoms with Gasteiger partial charge >= 0.3 is 12.2 Å². The van der Waals surface area contributed by atoms with Gasteiger partial charge in [-0.2, -0.15) is 18.3 Å². The molecule has 0 bridgehead atoms. The van der Waals surface area contributed by atoms with Crippen molar-refractivity contribution >= 4 is 28.6 Å². The fourth-order valence-electron chi connectivity index (χ4n) is 4.14. The highest BCUT2D eigenvalue weighted by atomic mass is 35.5. The van der Waals surface area contributed by atoms with Gasteiger partial charge in [0.25, 0.3) is 0 Å². The number of anilines is 1. The number of imidazole rings is 1. The van der Waals surface area contributed by atoms with E-state index in [4.69, 9.17) is 21.3 Å². The molecule has 0 aliphatic heterocycles. The molecule has 0 amide bonds. The second kappa shape index (κ2) is 10.3. The summed E-state index contributed by atoms with van der Waals surface area (Å²) in [5.74, 6) is 1.30. The number of nitrogens with zero attached hydrogens (tertiary/aromatic N) is 6. The molecule has 3 aromatic heterocycles. The Labute approximate surface area is 221 Å². The third-order valence-electron chi connectivity index (χ3n) is 5.91. The molecule has 0 saturated carbocycles. The molecule has 0 radical (unpaired) electrons. The molecule has 1 N–H and O–H groups in total. The van der Waals surface area contributed by atoms with Crippen molar-refractivity contribution in [3.8, 4) is 11.8 Å². The van der Waals surface area contributed by atoms with Crippen LogP contribution in [0, 0.1) is 0 Å². The molecule has 5 aromatic rings. The van der Waals surface area contributed by atoms with Gasteiger partial charge in [0.15, 0.2) is 0 Å². The van der Waals surface area contributed by atoms with Gasteiger partial charge in [-0.1, -0.05) is 29.8 Å². The van der Waals surface area contributed by atoms with Gasteiger partial charge < -0.3 is 14.6 Å². The van der Waals surface area contributed by atoms with Crippen molar-refractivity contribution in [3.63, 3.8) is 0 Å². The first-order chi connectivity index (χ1) is 18.2. The molecular weight excluding hydrogens is 519 g/mol. The zero-order chi connectivity index (χ0) is 26.9. The quantitative estimate of drug-likeness (QED) is 0.250. The number of aryl methyl sites for hydroxylation is 2. The maximum absolute atomic E-state index is 13.1. The summed E-state index contributed by atoms with van der Waals surface area (Å²) in [6.07, 6.45) is -1.23. The molecule has 0 unspecified atom stereocenters. The fourth-order valence-corrected chi connectivity index (χ4v) is 4.23. The smallest absolute Gasteiger partial charge is 0.424 e. The van der Waals surface area contributed by atoms with Crippen LogP contribution in [-0.4, -0.2) is 29.3 Å². The molecule has 8 nitrogen and oxygen atoms in total. The lowest BCUT2D eigenvalue weighted by molar-refractivity contribution is -0.143. The van der Waals surface area contributed by atoms with Crippen molar-refractivity contribution in [2.24, 2.45) is 7.05 Å². The van der Waals surface area contributed by atoms with E-state index in [-0.39, 0.29) is 12.4 Å². The molecular formula is C26H23ClF3N7O. The van der Waals surface area contributed by atoms with Gasteiger partial charge in [-0.15, -0.1) is 0 Å². The van der Waals surface area contributed by atoms with E-state index in [2.05, 4.69) is 20.4 Å². The topological polar surface area (TPSA) is 82.7 Å². The van der Waals surface area contributed by atoms with Crippen LogP contribution in [0.2, 0.25) is 5.02 Å². The Morgan fingerprint density at radius 1 is 1.00 bits per heavy atom. The molecule has 38 heavy (non-hydrogen) atoms. The fraction of sp³-hybridized carbons (Fsp3) is 0.231. The van der Waals surface area contributed by atoms with Crippen LogP contribution in [0.4, 0.5) is 19.1 Å². The van der Waals surface area contributed by atoms with Crippen LogP contribution in [0.25, 0.3) is 11.0 Å². The third kappa shape index (κ3) is 5.57. The average molecular weight is 542 g/mol. The van der Waals surface area contributed by atoms with Crippen molar-refractivity contribution in [2.75, 3.05) is 5.32 Å². The monoisotopic (exact) mass is 541 g/mol. The first kappa shape index (κ1) is 25.5. The summed E-state index contributed by atoms with van der Waals surface area (Å²) in [6, 6.07) is 14.5. The van der Waals surface area contributed by atoms with Crippen molar-refractivity contribution in [1.29, 1.82) is 0 Å². The SMILES string of the molecule is CCn1c(NCc2ccc(Oc3ncc(Cl)cn3)cc2)nc2ccc(Cc3cc(C(F)(F)F)n(C)n3)cc21. The molecule has 3 heterocycles. The molecule has 0 saturated heterocycles. The number of benzene rings is 2. The normalized spacial score (nSPS) is 11.7. The Balaban J connectivity index is 1.28. The molecule has 196 valence electrons. The molecule has 0 fully saturated rings. The highest BCUT2D eigenvalue weighted by molar-refractivity contribution is 6.30. The largest absolute Gasteiger partial charge is 0.433 e. The molecule has 5 rings (SSSR count). The van der Waals surface area contributed by atoms with Gasteiger partial charge in [-0.3, -0.25) is 4.68 Å². The van der Waals surface area contributed by atoms with Gasteiger partial charge in [0.05, 0.1) is 34.1 Å². The van der Waals surface area contributed by atoms with Gasteiger partial charge in [-0.25, -0.2) is 15.0 Å². The average Bonchev–Trinajstić information content (AvgIpc) is 3.44. The summed E-state index contributed by atoms with van der Waals surface area (Å²) in [6.45, 7) is 3.21. The second-order valence-corrected chi connectivity index (χ2v) is 9.04. The van der Waals surface area contributed by atoms with E-state index in [9.17, 15) is 13.2 Å². The Kier molecular flexibility index (Phi) is 6.94. The molecule has 0 aliphatic carbocycles. The highest BCUT2D eigenvalue weighted by Gasteiger charge is 2.34. The number of aromatic nitrogens is 6. The van der Waals surface area contributed by atoms with Crippen LogP contribution >= 0.6 is 11.6 Å². The van der Waals surface area contributed by atoms with Crippen LogP contribution in [-0.2, 0) is 32.7 Å². The summed E-state index contributed by atoms with van der Waals surface area (Å²) in [4.78, 5) is 12.7. The number of rotatable bonds is 8. The minimum atomic E-state index is -4.44. The molecule has 0 aliphatic rings. The predicted molar refractivity (Wildman–Crippen MR) is 137 cm³/mol. The van der Waals surface area contributed by atoms with Crippen LogP contribution in [0.15, 0.2) is 60.9 Å². The van der Waals surface area contributed by atoms with Crippen molar-refractivity contribution in [2.45, 2.75) is 32.6 Å². The first-order valence-corrected chi connectivity index (χ1v) is 12.1. The number of halogens is 4. The lowest BCUT2D eigenvalue weighted by atomic mass is 10.1. The summed E-state index contributed by atoms with van der Waals surface area (Å²) >= 11 is 5.80. The Morgan fingerprint density at radius 3 is 2.37 bits per heavy atom. The number of fused-ring (bicyclic) bond motifs is 1. The maximum atomic E-state index is 13.1. The molecule has 0 spiro atoms. The summed E-state index contributed by atoms with van der Waals surface area (Å²) in [5.41, 5.74) is 3.14. The van der Waals surface area contributed by atoms with E-state index in [0.29, 0.717) is 35.5 Å². The van der Waals surface area contributed by atoms with Crippen LogP contribution in [0.1, 0.15) is 29.4 Å². The molecule has 2 aromatic carbocycles. The first-order valence-electron chi connectivity index (χ1n) is 11.8. The number of hydrogen-bond acceptors (Lipinski definition) is 6. The Bertz CT molecular complexity index is 1560.